The van der Waals surface area contributed by atoms with Crippen molar-refractivity contribution in [1.29, 1.82) is 0 Å². The first kappa shape index (κ1) is 14.1. The number of ether oxygens (including phenoxy) is 2. The molecule has 0 bridgehead atoms. The number of para-hydroxylation sites is 1. The summed E-state index contributed by atoms with van der Waals surface area (Å²) in [4.78, 5) is 0. The third kappa shape index (κ3) is 4.83. The molecule has 1 rings (SSSR count). The molecule has 1 aromatic carbocycles. The predicted molar refractivity (Wildman–Crippen MR) is 58.2 cm³/mol. The summed E-state index contributed by atoms with van der Waals surface area (Å²) in [7, 11) is 0. The second-order valence-corrected chi connectivity index (χ2v) is 3.69. The lowest BCUT2D eigenvalue weighted by molar-refractivity contribution is -0.186. The van der Waals surface area contributed by atoms with Gasteiger partial charge in [-0.15, -0.1) is 11.6 Å². The smallest absolute Gasteiger partial charge is 0.411 e. The Kier molecular flexibility index (Phi) is 5.08. The molecule has 0 fully saturated rings. The maximum Gasteiger partial charge on any atom is 0.411 e. The van der Waals surface area contributed by atoms with Crippen molar-refractivity contribution in [3.63, 3.8) is 0 Å². The van der Waals surface area contributed by atoms with Gasteiger partial charge in [-0.05, 0) is 12.5 Å². The fourth-order valence-corrected chi connectivity index (χ4v) is 1.49. The number of aryl methyl sites for hydroxylation is 1. The van der Waals surface area contributed by atoms with E-state index in [0.717, 1.165) is 11.1 Å². The van der Waals surface area contributed by atoms with Crippen LogP contribution in [0.3, 0.4) is 0 Å². The van der Waals surface area contributed by atoms with Crippen LogP contribution in [0.1, 0.15) is 11.1 Å². The van der Waals surface area contributed by atoms with Gasteiger partial charge in [0.05, 0.1) is 5.88 Å². The fourth-order valence-electron chi connectivity index (χ4n) is 1.28. The molecular formula is C11H12ClF3O2. The summed E-state index contributed by atoms with van der Waals surface area (Å²) in [6.45, 7) is 0.0124. The van der Waals surface area contributed by atoms with Crippen LogP contribution in [0.2, 0.25) is 0 Å². The minimum atomic E-state index is -4.34. The SMILES string of the molecule is Cc1cccc(CCl)c1OCOCC(F)(F)F. The Morgan fingerprint density at radius 1 is 1.29 bits per heavy atom. The Hall–Kier alpha value is -0.940. The van der Waals surface area contributed by atoms with E-state index in [-0.39, 0.29) is 5.88 Å². The van der Waals surface area contributed by atoms with Crippen LogP contribution in [-0.2, 0) is 10.6 Å². The van der Waals surface area contributed by atoms with Crippen molar-refractivity contribution < 1.29 is 22.6 Å². The molecule has 0 amide bonds. The molecule has 0 aliphatic rings. The van der Waals surface area contributed by atoms with Crippen LogP contribution < -0.4 is 4.74 Å². The highest BCUT2D eigenvalue weighted by molar-refractivity contribution is 6.17. The molecule has 1 aromatic rings. The molecule has 0 atom stereocenters. The molecule has 0 radical (unpaired) electrons. The van der Waals surface area contributed by atoms with E-state index >= 15 is 0 Å². The number of rotatable bonds is 5. The molecule has 0 N–H and O–H groups in total. The van der Waals surface area contributed by atoms with Crippen LogP contribution in [0.5, 0.6) is 5.75 Å². The highest BCUT2D eigenvalue weighted by Gasteiger charge is 2.27. The van der Waals surface area contributed by atoms with Gasteiger partial charge in [-0.2, -0.15) is 13.2 Å². The van der Waals surface area contributed by atoms with Crippen LogP contribution in [-0.4, -0.2) is 19.6 Å². The highest BCUT2D eigenvalue weighted by atomic mass is 35.5. The fraction of sp³-hybridized carbons (Fsp3) is 0.455. The Balaban J connectivity index is 2.52. The Labute approximate surface area is 102 Å². The molecule has 0 saturated heterocycles. The first-order chi connectivity index (χ1) is 7.94. The second kappa shape index (κ2) is 6.12. The third-order valence-corrected chi connectivity index (χ3v) is 2.28. The largest absolute Gasteiger partial charge is 0.467 e. The standard InChI is InChI=1S/C11H12ClF3O2/c1-8-3-2-4-9(5-12)10(8)17-7-16-6-11(13,14)15/h2-4H,5-7H2,1H3. The molecule has 17 heavy (non-hydrogen) atoms. The summed E-state index contributed by atoms with van der Waals surface area (Å²) in [5, 5.41) is 0. The summed E-state index contributed by atoms with van der Waals surface area (Å²) in [5.41, 5.74) is 1.53. The van der Waals surface area contributed by atoms with Crippen LogP contribution in [0, 0.1) is 6.92 Å². The number of benzene rings is 1. The first-order valence-corrected chi connectivity index (χ1v) is 5.39. The number of alkyl halides is 4. The van der Waals surface area contributed by atoms with Crippen molar-refractivity contribution in [3.8, 4) is 5.75 Å². The van der Waals surface area contributed by atoms with Gasteiger partial charge in [0.2, 0.25) is 0 Å². The van der Waals surface area contributed by atoms with E-state index in [4.69, 9.17) is 16.3 Å². The van der Waals surface area contributed by atoms with Crippen LogP contribution >= 0.6 is 11.6 Å². The molecule has 0 aliphatic carbocycles. The quantitative estimate of drug-likeness (QED) is 0.461. The van der Waals surface area contributed by atoms with E-state index < -0.39 is 19.6 Å². The summed E-state index contributed by atoms with van der Waals surface area (Å²) >= 11 is 5.69. The van der Waals surface area contributed by atoms with E-state index in [0.29, 0.717) is 5.75 Å². The zero-order valence-corrected chi connectivity index (χ0v) is 9.94. The molecule has 6 heteroatoms. The zero-order valence-electron chi connectivity index (χ0n) is 9.18. The minimum Gasteiger partial charge on any atom is -0.467 e. The second-order valence-electron chi connectivity index (χ2n) is 3.42. The third-order valence-electron chi connectivity index (χ3n) is 1.99. The normalized spacial score (nSPS) is 11.6. The summed E-state index contributed by atoms with van der Waals surface area (Å²) in [6, 6.07) is 5.34. The van der Waals surface area contributed by atoms with Gasteiger partial charge in [0.15, 0.2) is 6.79 Å². The molecule has 0 aliphatic heterocycles. The van der Waals surface area contributed by atoms with Gasteiger partial charge in [-0.3, -0.25) is 0 Å². The molecule has 2 nitrogen and oxygen atoms in total. The van der Waals surface area contributed by atoms with E-state index in [9.17, 15) is 13.2 Å². The Morgan fingerprint density at radius 3 is 2.59 bits per heavy atom. The summed E-state index contributed by atoms with van der Waals surface area (Å²) < 4.78 is 44.9. The lowest BCUT2D eigenvalue weighted by Crippen LogP contribution is -2.19. The van der Waals surface area contributed by atoms with Crippen molar-refractivity contribution in [2.75, 3.05) is 13.4 Å². The molecule has 0 saturated carbocycles. The zero-order chi connectivity index (χ0) is 12.9. The van der Waals surface area contributed by atoms with Crippen molar-refractivity contribution in [3.05, 3.63) is 29.3 Å². The van der Waals surface area contributed by atoms with Gasteiger partial charge in [0, 0.05) is 5.56 Å². The Bertz CT molecular complexity index is 366. The Morgan fingerprint density at radius 2 is 2.00 bits per heavy atom. The number of hydrogen-bond acceptors (Lipinski definition) is 2. The molecule has 0 heterocycles. The summed E-state index contributed by atoms with van der Waals surface area (Å²) in [6.07, 6.45) is -4.34. The van der Waals surface area contributed by atoms with E-state index in [2.05, 4.69) is 4.74 Å². The van der Waals surface area contributed by atoms with Gasteiger partial charge in [0.1, 0.15) is 12.4 Å². The number of halogens is 4. The first-order valence-electron chi connectivity index (χ1n) is 4.86. The minimum absolute atomic E-state index is 0.232. The molecule has 0 spiro atoms. The van der Waals surface area contributed by atoms with Crippen LogP contribution in [0.15, 0.2) is 18.2 Å². The predicted octanol–water partition coefficient (Wildman–Crippen LogP) is 3.65. The summed E-state index contributed by atoms with van der Waals surface area (Å²) in [5.74, 6) is 0.709. The van der Waals surface area contributed by atoms with E-state index in [1.807, 2.05) is 0 Å². The van der Waals surface area contributed by atoms with Crippen molar-refractivity contribution in [1.82, 2.24) is 0 Å². The van der Waals surface area contributed by atoms with Crippen molar-refractivity contribution >= 4 is 11.6 Å². The molecular weight excluding hydrogens is 257 g/mol. The van der Waals surface area contributed by atoms with Gasteiger partial charge in [-0.25, -0.2) is 0 Å². The lowest BCUT2D eigenvalue weighted by atomic mass is 10.1. The van der Waals surface area contributed by atoms with E-state index in [1.165, 1.54) is 0 Å². The average molecular weight is 269 g/mol. The molecule has 0 aromatic heterocycles. The number of hydrogen-bond donors (Lipinski definition) is 0. The van der Waals surface area contributed by atoms with E-state index in [1.54, 1.807) is 25.1 Å². The maximum absolute atomic E-state index is 11.8. The maximum atomic E-state index is 11.8. The van der Waals surface area contributed by atoms with Crippen LogP contribution in [0.25, 0.3) is 0 Å². The molecule has 0 unspecified atom stereocenters. The van der Waals surface area contributed by atoms with Gasteiger partial charge in [-0.1, -0.05) is 18.2 Å². The molecule has 96 valence electrons. The van der Waals surface area contributed by atoms with Crippen molar-refractivity contribution in [2.45, 2.75) is 19.0 Å². The average Bonchev–Trinajstić information content (AvgIpc) is 2.24. The van der Waals surface area contributed by atoms with Crippen molar-refractivity contribution in [2.24, 2.45) is 0 Å². The highest BCUT2D eigenvalue weighted by Crippen LogP contribution is 2.25. The van der Waals surface area contributed by atoms with Gasteiger partial charge >= 0.3 is 6.18 Å². The van der Waals surface area contributed by atoms with Gasteiger partial charge in [0.25, 0.3) is 0 Å². The monoisotopic (exact) mass is 268 g/mol. The van der Waals surface area contributed by atoms with Crippen LogP contribution in [0.4, 0.5) is 13.2 Å². The topological polar surface area (TPSA) is 18.5 Å². The lowest BCUT2D eigenvalue weighted by Gasteiger charge is -2.13. The van der Waals surface area contributed by atoms with Gasteiger partial charge < -0.3 is 9.47 Å².